The van der Waals surface area contributed by atoms with E-state index in [1.54, 1.807) is 18.2 Å². The maximum Gasteiger partial charge on any atom is 0.155 e. The molecule has 0 unspecified atom stereocenters. The van der Waals surface area contributed by atoms with Crippen LogP contribution in [0.1, 0.15) is 5.56 Å². The summed E-state index contributed by atoms with van der Waals surface area (Å²) in [5.74, 6) is 0.356. The van der Waals surface area contributed by atoms with E-state index in [4.69, 9.17) is 0 Å². The van der Waals surface area contributed by atoms with E-state index in [0.717, 1.165) is 0 Å². The van der Waals surface area contributed by atoms with Gasteiger partial charge in [-0.25, -0.2) is 4.39 Å². The minimum atomic E-state index is -0.244. The maximum absolute atomic E-state index is 13.1. The molecule has 1 heterocycles. The highest BCUT2D eigenvalue weighted by Crippen LogP contribution is 2.27. The quantitative estimate of drug-likeness (QED) is 0.556. The smallest absolute Gasteiger partial charge is 0.155 e. The molecule has 62 valence electrons. The first-order valence-corrected chi connectivity index (χ1v) is 5.40. The number of rotatable bonds is 1. The summed E-state index contributed by atoms with van der Waals surface area (Å²) in [7, 11) is 2.69. The maximum atomic E-state index is 13.1. The lowest BCUT2D eigenvalue weighted by Crippen LogP contribution is -2.13. The highest BCUT2D eigenvalue weighted by atomic mass is 33.1. The zero-order chi connectivity index (χ0) is 8.39. The van der Waals surface area contributed by atoms with Gasteiger partial charge in [-0.2, -0.15) is 4.40 Å². The van der Waals surface area contributed by atoms with E-state index in [1.807, 2.05) is 0 Å². The van der Waals surface area contributed by atoms with Gasteiger partial charge in [0.1, 0.15) is 5.82 Å². The van der Waals surface area contributed by atoms with Gasteiger partial charge in [0, 0.05) is 11.0 Å². The van der Waals surface area contributed by atoms with Crippen molar-refractivity contribution in [3.63, 3.8) is 0 Å². The molecule has 2 nitrogen and oxygen atoms in total. The van der Waals surface area contributed by atoms with Crippen LogP contribution in [0.2, 0.25) is 0 Å². The zero-order valence-corrected chi connectivity index (χ0v) is 7.58. The van der Waals surface area contributed by atoms with E-state index in [0.29, 0.717) is 11.4 Å². The SMILES string of the molecule is Fc1ccccc1C1=NSSN1. The summed E-state index contributed by atoms with van der Waals surface area (Å²) in [6, 6.07) is 6.58. The summed E-state index contributed by atoms with van der Waals surface area (Å²) in [5, 5.41) is 0. The molecule has 0 radical (unpaired) electrons. The van der Waals surface area contributed by atoms with Crippen LogP contribution < -0.4 is 4.72 Å². The average Bonchev–Trinajstić information content (AvgIpc) is 2.57. The molecular formula is C7H5FN2S2. The van der Waals surface area contributed by atoms with E-state index in [1.165, 1.54) is 28.0 Å². The van der Waals surface area contributed by atoms with Crippen molar-refractivity contribution >= 4 is 27.8 Å². The Morgan fingerprint density at radius 1 is 1.33 bits per heavy atom. The lowest BCUT2D eigenvalue weighted by atomic mass is 10.2. The van der Waals surface area contributed by atoms with Crippen molar-refractivity contribution in [2.45, 2.75) is 0 Å². The summed E-state index contributed by atoms with van der Waals surface area (Å²) >= 11 is 0. The lowest BCUT2D eigenvalue weighted by Gasteiger charge is -2.00. The number of amidine groups is 1. The topological polar surface area (TPSA) is 24.4 Å². The second-order valence-electron chi connectivity index (χ2n) is 2.18. The minimum Gasteiger partial charge on any atom is -0.303 e. The molecule has 1 aromatic carbocycles. The van der Waals surface area contributed by atoms with Crippen LogP contribution in [0.15, 0.2) is 28.7 Å². The minimum absolute atomic E-state index is 0.244. The first-order valence-electron chi connectivity index (χ1n) is 3.29. The number of halogens is 1. The molecule has 1 N–H and O–H groups in total. The monoisotopic (exact) mass is 200 g/mol. The normalized spacial score (nSPS) is 15.6. The number of nitrogens with one attached hydrogen (secondary N) is 1. The van der Waals surface area contributed by atoms with Crippen molar-refractivity contribution in [2.24, 2.45) is 4.40 Å². The van der Waals surface area contributed by atoms with Gasteiger partial charge in [0.15, 0.2) is 5.84 Å². The standard InChI is InChI=1S/C7H5FN2S2/c8-6-4-2-1-3-5(6)7-9-11-12-10-7/h1-4H,(H,9,10). The molecule has 5 heteroatoms. The third-order valence-electron chi connectivity index (χ3n) is 1.43. The van der Waals surface area contributed by atoms with Crippen molar-refractivity contribution in [1.29, 1.82) is 0 Å². The van der Waals surface area contributed by atoms with Crippen LogP contribution in [0.25, 0.3) is 0 Å². The van der Waals surface area contributed by atoms with Crippen LogP contribution in [0.3, 0.4) is 0 Å². The van der Waals surface area contributed by atoms with Crippen molar-refractivity contribution < 1.29 is 4.39 Å². The van der Waals surface area contributed by atoms with Gasteiger partial charge in [-0.3, -0.25) is 0 Å². The van der Waals surface area contributed by atoms with Gasteiger partial charge in [0.2, 0.25) is 0 Å². The molecule has 2 rings (SSSR count). The third kappa shape index (κ3) is 1.42. The fourth-order valence-corrected chi connectivity index (χ4v) is 2.16. The van der Waals surface area contributed by atoms with Gasteiger partial charge in [-0.05, 0) is 12.1 Å². The molecule has 0 bridgehead atoms. The Kier molecular flexibility index (Phi) is 2.23. The Hall–Kier alpha value is -0.680. The molecular weight excluding hydrogens is 195 g/mol. The zero-order valence-electron chi connectivity index (χ0n) is 5.95. The Bertz CT molecular complexity index is 327. The van der Waals surface area contributed by atoms with Gasteiger partial charge >= 0.3 is 0 Å². The third-order valence-corrected chi connectivity index (χ3v) is 2.74. The number of benzene rings is 1. The van der Waals surface area contributed by atoms with Crippen molar-refractivity contribution in [1.82, 2.24) is 4.72 Å². The summed E-state index contributed by atoms with van der Waals surface area (Å²) in [4.78, 5) is 0. The number of nitrogens with zero attached hydrogens (tertiary/aromatic N) is 1. The van der Waals surface area contributed by atoms with Crippen LogP contribution in [0, 0.1) is 5.82 Å². The molecule has 0 atom stereocenters. The Morgan fingerprint density at radius 2 is 2.17 bits per heavy atom. The molecule has 0 aliphatic carbocycles. The molecule has 0 fully saturated rings. The predicted molar refractivity (Wildman–Crippen MR) is 51.3 cm³/mol. The van der Waals surface area contributed by atoms with Crippen LogP contribution >= 0.6 is 22.0 Å². The second kappa shape index (κ2) is 3.37. The summed E-state index contributed by atoms with van der Waals surface area (Å²) in [6.07, 6.45) is 0. The van der Waals surface area contributed by atoms with E-state index in [-0.39, 0.29) is 5.82 Å². The highest BCUT2D eigenvalue weighted by molar-refractivity contribution is 8.76. The van der Waals surface area contributed by atoms with E-state index >= 15 is 0 Å². The molecule has 0 aromatic heterocycles. The summed E-state index contributed by atoms with van der Waals surface area (Å²) in [5.41, 5.74) is 0.523. The average molecular weight is 200 g/mol. The second-order valence-corrected chi connectivity index (χ2v) is 3.83. The van der Waals surface area contributed by atoms with Crippen LogP contribution in [0.4, 0.5) is 4.39 Å². The fraction of sp³-hybridized carbons (Fsp3) is 0. The van der Waals surface area contributed by atoms with Crippen molar-refractivity contribution in [3.8, 4) is 0 Å². The molecule has 1 aliphatic rings. The van der Waals surface area contributed by atoms with E-state index < -0.39 is 0 Å². The van der Waals surface area contributed by atoms with E-state index in [9.17, 15) is 4.39 Å². The fourth-order valence-electron chi connectivity index (χ4n) is 0.890. The summed E-state index contributed by atoms with van der Waals surface area (Å²) in [6.45, 7) is 0. The van der Waals surface area contributed by atoms with Gasteiger partial charge in [-0.15, -0.1) is 0 Å². The molecule has 0 saturated carbocycles. The molecule has 1 aliphatic heterocycles. The van der Waals surface area contributed by atoms with Gasteiger partial charge < -0.3 is 4.72 Å². The van der Waals surface area contributed by atoms with Crippen molar-refractivity contribution in [2.75, 3.05) is 0 Å². The first kappa shape index (κ1) is 7.94. The van der Waals surface area contributed by atoms with Gasteiger partial charge in [-0.1, -0.05) is 12.1 Å². The van der Waals surface area contributed by atoms with Crippen LogP contribution in [-0.4, -0.2) is 5.84 Å². The molecule has 0 saturated heterocycles. The number of hydrogen-bond acceptors (Lipinski definition) is 4. The number of hydrogen-bond donors (Lipinski definition) is 1. The Balaban J connectivity index is 2.39. The highest BCUT2D eigenvalue weighted by Gasteiger charge is 2.12. The molecule has 12 heavy (non-hydrogen) atoms. The Labute approximate surface area is 77.3 Å². The molecule has 1 aromatic rings. The van der Waals surface area contributed by atoms with Crippen molar-refractivity contribution in [3.05, 3.63) is 35.6 Å². The lowest BCUT2D eigenvalue weighted by molar-refractivity contribution is 0.625. The predicted octanol–water partition coefficient (Wildman–Crippen LogP) is 2.39. The molecule has 0 spiro atoms. The largest absolute Gasteiger partial charge is 0.303 e. The molecule has 0 amide bonds. The van der Waals surface area contributed by atoms with Crippen LogP contribution in [-0.2, 0) is 0 Å². The van der Waals surface area contributed by atoms with E-state index in [2.05, 4.69) is 9.12 Å². The van der Waals surface area contributed by atoms with Gasteiger partial charge in [0.05, 0.1) is 16.5 Å². The summed E-state index contributed by atoms with van der Waals surface area (Å²) < 4.78 is 20.0. The van der Waals surface area contributed by atoms with Crippen LogP contribution in [0.5, 0.6) is 0 Å². The Morgan fingerprint density at radius 3 is 2.83 bits per heavy atom. The van der Waals surface area contributed by atoms with Gasteiger partial charge in [0.25, 0.3) is 0 Å². The first-order chi connectivity index (χ1) is 5.88.